The predicted octanol–water partition coefficient (Wildman–Crippen LogP) is 2.59. The van der Waals surface area contributed by atoms with Crippen LogP contribution in [-0.4, -0.2) is 60.3 Å². The predicted molar refractivity (Wildman–Crippen MR) is 84.9 cm³/mol. The first-order chi connectivity index (χ1) is 9.44. The summed E-state index contributed by atoms with van der Waals surface area (Å²) in [7, 11) is 2.24. The standard InChI is InChI=1S/C17H34N2O/c1-5-15-13-18(4)10-7-11-19(15)12-14-8-6-9-17(2,3)16(14)20/h14-16,20H,5-13H2,1-4H3. The molecule has 1 saturated carbocycles. The Morgan fingerprint density at radius 2 is 1.95 bits per heavy atom. The van der Waals surface area contributed by atoms with Gasteiger partial charge in [0, 0.05) is 19.1 Å². The third-order valence-electron chi connectivity index (χ3n) is 5.61. The van der Waals surface area contributed by atoms with Crippen molar-refractivity contribution in [3.8, 4) is 0 Å². The fourth-order valence-corrected chi connectivity index (χ4v) is 4.18. The van der Waals surface area contributed by atoms with Crippen LogP contribution in [0.15, 0.2) is 0 Å². The van der Waals surface area contributed by atoms with Gasteiger partial charge in [-0.3, -0.25) is 4.90 Å². The molecule has 1 N–H and O–H groups in total. The molecular weight excluding hydrogens is 248 g/mol. The van der Waals surface area contributed by atoms with Gasteiger partial charge in [0.05, 0.1) is 6.10 Å². The highest BCUT2D eigenvalue weighted by molar-refractivity contribution is 4.91. The Balaban J connectivity index is 1.99. The maximum atomic E-state index is 10.7. The third kappa shape index (κ3) is 3.75. The summed E-state index contributed by atoms with van der Waals surface area (Å²) in [6.07, 6.45) is 6.00. The van der Waals surface area contributed by atoms with Gasteiger partial charge < -0.3 is 10.0 Å². The lowest BCUT2D eigenvalue weighted by atomic mass is 9.69. The molecule has 1 saturated heterocycles. The Morgan fingerprint density at radius 1 is 1.20 bits per heavy atom. The molecule has 0 spiro atoms. The number of hydrogen-bond donors (Lipinski definition) is 1. The first kappa shape index (κ1) is 16.3. The molecule has 3 nitrogen and oxygen atoms in total. The Kier molecular flexibility index (Phi) is 5.49. The van der Waals surface area contributed by atoms with Gasteiger partial charge in [0.1, 0.15) is 0 Å². The SMILES string of the molecule is CCC1CN(C)CCCN1CC1CCCC(C)(C)C1O. The number of aliphatic hydroxyl groups is 1. The van der Waals surface area contributed by atoms with Crippen molar-refractivity contribution in [3.05, 3.63) is 0 Å². The molecule has 1 heterocycles. The number of nitrogens with zero attached hydrogens (tertiary/aromatic N) is 2. The molecule has 20 heavy (non-hydrogen) atoms. The maximum absolute atomic E-state index is 10.7. The van der Waals surface area contributed by atoms with Crippen LogP contribution in [0, 0.1) is 11.3 Å². The molecule has 0 radical (unpaired) electrons. The molecule has 0 amide bonds. The molecule has 1 aliphatic carbocycles. The van der Waals surface area contributed by atoms with Crippen LogP contribution < -0.4 is 0 Å². The molecule has 2 rings (SSSR count). The molecule has 0 bridgehead atoms. The van der Waals surface area contributed by atoms with Crippen molar-refractivity contribution in [1.29, 1.82) is 0 Å². The monoisotopic (exact) mass is 282 g/mol. The zero-order valence-corrected chi connectivity index (χ0v) is 13.9. The van der Waals surface area contributed by atoms with Crippen LogP contribution in [0.2, 0.25) is 0 Å². The zero-order valence-electron chi connectivity index (χ0n) is 13.9. The quantitative estimate of drug-likeness (QED) is 0.862. The Hall–Kier alpha value is -0.120. The molecular formula is C17H34N2O. The number of aliphatic hydroxyl groups excluding tert-OH is 1. The summed E-state index contributed by atoms with van der Waals surface area (Å²) in [6, 6.07) is 0.666. The van der Waals surface area contributed by atoms with Crippen molar-refractivity contribution >= 4 is 0 Å². The van der Waals surface area contributed by atoms with Crippen LogP contribution in [-0.2, 0) is 0 Å². The average molecular weight is 282 g/mol. The smallest absolute Gasteiger partial charge is 0.0631 e. The molecule has 118 valence electrons. The van der Waals surface area contributed by atoms with E-state index in [0.717, 1.165) is 6.54 Å². The molecule has 3 heteroatoms. The molecule has 1 aliphatic heterocycles. The van der Waals surface area contributed by atoms with E-state index in [1.54, 1.807) is 0 Å². The van der Waals surface area contributed by atoms with Crippen LogP contribution in [0.1, 0.15) is 52.9 Å². The van der Waals surface area contributed by atoms with Gasteiger partial charge >= 0.3 is 0 Å². The van der Waals surface area contributed by atoms with E-state index in [1.807, 2.05) is 0 Å². The lowest BCUT2D eigenvalue weighted by Gasteiger charge is -2.43. The lowest BCUT2D eigenvalue weighted by Crippen LogP contribution is -2.48. The number of likely N-dealkylation sites (N-methyl/N-ethyl adjacent to an activating group) is 1. The Bertz CT molecular complexity index is 305. The van der Waals surface area contributed by atoms with E-state index in [0.29, 0.717) is 12.0 Å². The van der Waals surface area contributed by atoms with Crippen molar-refractivity contribution in [3.63, 3.8) is 0 Å². The Morgan fingerprint density at radius 3 is 2.65 bits per heavy atom. The van der Waals surface area contributed by atoms with Crippen molar-refractivity contribution < 1.29 is 5.11 Å². The first-order valence-corrected chi connectivity index (χ1v) is 8.54. The van der Waals surface area contributed by atoms with E-state index < -0.39 is 0 Å². The fourth-order valence-electron chi connectivity index (χ4n) is 4.18. The van der Waals surface area contributed by atoms with Crippen LogP contribution in [0.3, 0.4) is 0 Å². The molecule has 3 atom stereocenters. The molecule has 2 fully saturated rings. The zero-order chi connectivity index (χ0) is 14.8. The molecule has 0 aromatic carbocycles. The van der Waals surface area contributed by atoms with E-state index >= 15 is 0 Å². The maximum Gasteiger partial charge on any atom is 0.0631 e. The molecule has 3 unspecified atom stereocenters. The highest BCUT2D eigenvalue weighted by atomic mass is 16.3. The van der Waals surface area contributed by atoms with Crippen molar-refractivity contribution in [2.75, 3.05) is 33.2 Å². The third-order valence-corrected chi connectivity index (χ3v) is 5.61. The summed E-state index contributed by atoms with van der Waals surface area (Å²) in [5.41, 5.74) is 0.104. The molecule has 0 aromatic rings. The second-order valence-electron chi connectivity index (χ2n) is 7.76. The largest absolute Gasteiger partial charge is 0.392 e. The van der Waals surface area contributed by atoms with E-state index in [4.69, 9.17) is 0 Å². The summed E-state index contributed by atoms with van der Waals surface area (Å²) in [4.78, 5) is 5.13. The minimum Gasteiger partial charge on any atom is -0.392 e. The van der Waals surface area contributed by atoms with E-state index in [-0.39, 0.29) is 11.5 Å². The minimum absolute atomic E-state index is 0.104. The van der Waals surface area contributed by atoms with Gasteiger partial charge in [-0.05, 0) is 57.2 Å². The van der Waals surface area contributed by atoms with E-state index in [2.05, 4.69) is 37.6 Å². The van der Waals surface area contributed by atoms with Gasteiger partial charge in [-0.1, -0.05) is 27.2 Å². The van der Waals surface area contributed by atoms with Gasteiger partial charge in [-0.2, -0.15) is 0 Å². The summed E-state index contributed by atoms with van der Waals surface area (Å²) in [5.74, 6) is 0.469. The van der Waals surface area contributed by atoms with Gasteiger partial charge in [0.15, 0.2) is 0 Å². The van der Waals surface area contributed by atoms with Crippen molar-refractivity contribution in [2.24, 2.45) is 11.3 Å². The second kappa shape index (κ2) is 6.76. The second-order valence-corrected chi connectivity index (χ2v) is 7.76. The van der Waals surface area contributed by atoms with E-state index in [1.165, 1.54) is 51.7 Å². The van der Waals surface area contributed by atoms with Crippen LogP contribution in [0.4, 0.5) is 0 Å². The molecule has 0 aromatic heterocycles. The van der Waals surface area contributed by atoms with Gasteiger partial charge in [-0.25, -0.2) is 0 Å². The fraction of sp³-hybridized carbons (Fsp3) is 1.00. The van der Waals surface area contributed by atoms with Crippen LogP contribution in [0.5, 0.6) is 0 Å². The van der Waals surface area contributed by atoms with E-state index in [9.17, 15) is 5.11 Å². The topological polar surface area (TPSA) is 26.7 Å². The molecule has 2 aliphatic rings. The van der Waals surface area contributed by atoms with Gasteiger partial charge in [-0.15, -0.1) is 0 Å². The number of hydrogen-bond acceptors (Lipinski definition) is 3. The summed E-state index contributed by atoms with van der Waals surface area (Å²) in [6.45, 7) is 11.5. The van der Waals surface area contributed by atoms with Crippen LogP contribution >= 0.6 is 0 Å². The average Bonchev–Trinajstić information content (AvgIpc) is 2.56. The summed E-state index contributed by atoms with van der Waals surface area (Å²) in [5, 5.41) is 10.7. The summed E-state index contributed by atoms with van der Waals surface area (Å²) >= 11 is 0. The number of rotatable bonds is 3. The highest BCUT2D eigenvalue weighted by Crippen LogP contribution is 2.39. The van der Waals surface area contributed by atoms with Gasteiger partial charge in [0.25, 0.3) is 0 Å². The lowest BCUT2D eigenvalue weighted by molar-refractivity contribution is -0.0467. The first-order valence-electron chi connectivity index (χ1n) is 8.54. The Labute approximate surface area is 125 Å². The normalized spacial score (nSPS) is 36.8. The minimum atomic E-state index is -0.130. The highest BCUT2D eigenvalue weighted by Gasteiger charge is 2.39. The van der Waals surface area contributed by atoms with Gasteiger partial charge in [0.2, 0.25) is 0 Å². The summed E-state index contributed by atoms with van der Waals surface area (Å²) < 4.78 is 0. The van der Waals surface area contributed by atoms with Crippen molar-refractivity contribution in [2.45, 2.75) is 65.0 Å². The van der Waals surface area contributed by atoms with Crippen molar-refractivity contribution in [1.82, 2.24) is 9.80 Å². The van der Waals surface area contributed by atoms with Crippen LogP contribution in [0.25, 0.3) is 0 Å².